The second-order valence-electron chi connectivity index (χ2n) is 5.18. The summed E-state index contributed by atoms with van der Waals surface area (Å²) in [5.41, 5.74) is 2.77. The van der Waals surface area contributed by atoms with Crippen LogP contribution in [0.2, 0.25) is 0 Å². The molecule has 0 radical (unpaired) electrons. The highest BCUT2D eigenvalue weighted by atomic mass is 32.2. The van der Waals surface area contributed by atoms with Crippen LogP contribution in [0.3, 0.4) is 0 Å². The van der Waals surface area contributed by atoms with Crippen molar-refractivity contribution in [3.8, 4) is 22.0 Å². The number of thiazole rings is 1. The van der Waals surface area contributed by atoms with Crippen molar-refractivity contribution in [2.24, 2.45) is 0 Å². The molecule has 0 fully saturated rings. The Hall–Kier alpha value is -2.51. The van der Waals surface area contributed by atoms with E-state index in [4.69, 9.17) is 4.42 Å². The molecule has 0 aliphatic heterocycles. The van der Waals surface area contributed by atoms with Crippen LogP contribution < -0.4 is 0 Å². The molecular formula is C18H12FN3OS2. The summed E-state index contributed by atoms with van der Waals surface area (Å²) in [7, 11) is 0. The first kappa shape index (κ1) is 16.0. The van der Waals surface area contributed by atoms with Crippen molar-refractivity contribution in [1.29, 1.82) is 0 Å². The molecule has 25 heavy (non-hydrogen) atoms. The molecular weight excluding hydrogens is 357 g/mol. The van der Waals surface area contributed by atoms with Gasteiger partial charge in [0.1, 0.15) is 10.8 Å². The molecule has 0 aliphatic carbocycles. The maximum Gasteiger partial charge on any atom is 0.277 e. The summed E-state index contributed by atoms with van der Waals surface area (Å²) in [6.07, 6.45) is 0. The lowest BCUT2D eigenvalue weighted by atomic mass is 10.2. The minimum atomic E-state index is -0.296. The number of halogens is 1. The third-order valence-corrected chi connectivity index (χ3v) is 5.21. The van der Waals surface area contributed by atoms with E-state index in [-0.39, 0.29) is 5.82 Å². The molecule has 0 bridgehead atoms. The zero-order chi connectivity index (χ0) is 17.1. The van der Waals surface area contributed by atoms with Gasteiger partial charge < -0.3 is 4.42 Å². The predicted octanol–water partition coefficient (Wildman–Crippen LogP) is 5.29. The van der Waals surface area contributed by atoms with Crippen LogP contribution in [0.15, 0.2) is 69.6 Å². The van der Waals surface area contributed by atoms with Crippen LogP contribution in [0, 0.1) is 5.82 Å². The molecule has 0 spiro atoms. The van der Waals surface area contributed by atoms with E-state index in [1.807, 2.05) is 35.7 Å². The molecule has 124 valence electrons. The van der Waals surface area contributed by atoms with Crippen molar-refractivity contribution in [2.75, 3.05) is 0 Å². The summed E-state index contributed by atoms with van der Waals surface area (Å²) in [5, 5.41) is 11.5. The molecule has 2 heterocycles. The fourth-order valence-corrected chi connectivity index (χ4v) is 3.79. The van der Waals surface area contributed by atoms with Gasteiger partial charge in [0.15, 0.2) is 0 Å². The van der Waals surface area contributed by atoms with Crippen molar-refractivity contribution < 1.29 is 8.81 Å². The van der Waals surface area contributed by atoms with Crippen molar-refractivity contribution >= 4 is 23.1 Å². The molecule has 2 aromatic carbocycles. The Morgan fingerprint density at radius 1 is 0.960 bits per heavy atom. The molecule has 4 aromatic rings. The third kappa shape index (κ3) is 3.78. The Bertz CT molecular complexity index is 967. The number of aromatic nitrogens is 3. The van der Waals surface area contributed by atoms with Gasteiger partial charge in [0.25, 0.3) is 5.22 Å². The number of hydrogen-bond donors (Lipinski definition) is 0. The van der Waals surface area contributed by atoms with Crippen LogP contribution in [-0.4, -0.2) is 15.2 Å². The summed E-state index contributed by atoms with van der Waals surface area (Å²) in [5.74, 6) is 0.732. The van der Waals surface area contributed by atoms with E-state index in [2.05, 4.69) is 15.2 Å². The summed E-state index contributed by atoms with van der Waals surface area (Å²) in [4.78, 5) is 4.64. The van der Waals surface area contributed by atoms with E-state index in [0.717, 1.165) is 16.3 Å². The molecule has 0 unspecified atom stereocenters. The summed E-state index contributed by atoms with van der Waals surface area (Å²) >= 11 is 3.05. The Morgan fingerprint density at radius 2 is 1.76 bits per heavy atom. The Morgan fingerprint density at radius 3 is 2.56 bits per heavy atom. The van der Waals surface area contributed by atoms with Crippen molar-refractivity contribution in [3.63, 3.8) is 0 Å². The smallest absolute Gasteiger partial charge is 0.277 e. The topological polar surface area (TPSA) is 51.8 Å². The van der Waals surface area contributed by atoms with Crippen LogP contribution in [0.1, 0.15) is 5.69 Å². The van der Waals surface area contributed by atoms with E-state index in [9.17, 15) is 4.39 Å². The van der Waals surface area contributed by atoms with E-state index >= 15 is 0 Å². The number of benzene rings is 2. The van der Waals surface area contributed by atoms with E-state index in [1.165, 1.54) is 23.9 Å². The number of thioether (sulfide) groups is 1. The largest absolute Gasteiger partial charge is 0.411 e. The lowest BCUT2D eigenvalue weighted by Gasteiger charge is -1.95. The number of nitrogens with zero attached hydrogens (tertiary/aromatic N) is 3. The quantitative estimate of drug-likeness (QED) is 0.447. The number of rotatable bonds is 5. The Balaban J connectivity index is 1.42. The average Bonchev–Trinajstić information content (AvgIpc) is 3.31. The van der Waals surface area contributed by atoms with E-state index in [0.29, 0.717) is 22.4 Å². The van der Waals surface area contributed by atoms with E-state index in [1.54, 1.807) is 23.5 Å². The van der Waals surface area contributed by atoms with Crippen molar-refractivity contribution in [3.05, 3.63) is 71.5 Å². The van der Waals surface area contributed by atoms with Gasteiger partial charge >= 0.3 is 0 Å². The van der Waals surface area contributed by atoms with Gasteiger partial charge in [-0.25, -0.2) is 9.37 Å². The number of hydrogen-bond acceptors (Lipinski definition) is 6. The first-order valence-corrected chi connectivity index (χ1v) is 9.36. The summed E-state index contributed by atoms with van der Waals surface area (Å²) in [6, 6.07) is 16.0. The standard InChI is InChI=1S/C18H12FN3OS2/c19-14-8-6-12(7-9-14)16-21-22-18(23-16)25-11-15-10-24-17(20-15)13-4-2-1-3-5-13/h1-10H,11H2. The monoisotopic (exact) mass is 369 g/mol. The highest BCUT2D eigenvalue weighted by Gasteiger charge is 2.11. The van der Waals surface area contributed by atoms with Crippen LogP contribution in [-0.2, 0) is 5.75 Å². The van der Waals surface area contributed by atoms with Gasteiger partial charge in [-0.15, -0.1) is 21.5 Å². The SMILES string of the molecule is Fc1ccc(-c2nnc(SCc3csc(-c4ccccc4)n3)o2)cc1. The van der Waals surface area contributed by atoms with Crippen LogP contribution in [0.25, 0.3) is 22.0 Å². The second kappa shape index (κ2) is 7.16. The molecule has 0 saturated carbocycles. The molecule has 0 aliphatic rings. The molecule has 0 atom stereocenters. The average molecular weight is 369 g/mol. The normalized spacial score (nSPS) is 10.9. The third-order valence-electron chi connectivity index (χ3n) is 3.41. The maximum atomic E-state index is 13.0. The Kier molecular flexibility index (Phi) is 4.58. The first-order valence-electron chi connectivity index (χ1n) is 7.50. The van der Waals surface area contributed by atoms with Gasteiger partial charge in [-0.3, -0.25) is 0 Å². The lowest BCUT2D eigenvalue weighted by Crippen LogP contribution is -1.82. The first-order chi connectivity index (χ1) is 12.3. The molecule has 7 heteroatoms. The maximum absolute atomic E-state index is 13.0. The molecule has 0 amide bonds. The van der Waals surface area contributed by atoms with Gasteiger partial charge in [0.05, 0.1) is 5.69 Å². The molecule has 4 rings (SSSR count). The second-order valence-corrected chi connectivity index (χ2v) is 6.96. The molecule has 4 nitrogen and oxygen atoms in total. The zero-order valence-electron chi connectivity index (χ0n) is 12.9. The van der Waals surface area contributed by atoms with Gasteiger partial charge in [-0.2, -0.15) is 0 Å². The molecule has 0 N–H and O–H groups in total. The minimum absolute atomic E-state index is 0.296. The summed E-state index contributed by atoms with van der Waals surface area (Å²) in [6.45, 7) is 0. The fourth-order valence-electron chi connectivity index (χ4n) is 2.20. The van der Waals surface area contributed by atoms with Crippen LogP contribution in [0.4, 0.5) is 4.39 Å². The Labute approximate surface area is 151 Å². The lowest BCUT2D eigenvalue weighted by molar-refractivity contribution is 0.465. The van der Waals surface area contributed by atoms with Crippen LogP contribution in [0.5, 0.6) is 0 Å². The molecule has 0 saturated heterocycles. The zero-order valence-corrected chi connectivity index (χ0v) is 14.6. The van der Waals surface area contributed by atoms with Gasteiger partial charge in [-0.1, -0.05) is 42.1 Å². The van der Waals surface area contributed by atoms with E-state index < -0.39 is 0 Å². The van der Waals surface area contributed by atoms with Crippen LogP contribution >= 0.6 is 23.1 Å². The predicted molar refractivity (Wildman–Crippen MR) is 96.8 cm³/mol. The minimum Gasteiger partial charge on any atom is -0.411 e. The van der Waals surface area contributed by atoms with Gasteiger partial charge in [0.2, 0.25) is 5.89 Å². The molecule has 2 aromatic heterocycles. The van der Waals surface area contributed by atoms with Gasteiger partial charge in [-0.05, 0) is 24.3 Å². The fraction of sp³-hybridized carbons (Fsp3) is 0.0556. The highest BCUT2D eigenvalue weighted by molar-refractivity contribution is 7.98. The van der Waals surface area contributed by atoms with Crippen molar-refractivity contribution in [2.45, 2.75) is 11.0 Å². The van der Waals surface area contributed by atoms with Gasteiger partial charge in [0, 0.05) is 22.3 Å². The highest BCUT2D eigenvalue weighted by Crippen LogP contribution is 2.28. The summed E-state index contributed by atoms with van der Waals surface area (Å²) < 4.78 is 18.6. The van der Waals surface area contributed by atoms with Crippen molar-refractivity contribution in [1.82, 2.24) is 15.2 Å².